The van der Waals surface area contributed by atoms with Gasteiger partial charge in [0.15, 0.2) is 0 Å². The molecule has 17 heavy (non-hydrogen) atoms. The van der Waals surface area contributed by atoms with E-state index in [0.29, 0.717) is 12.1 Å². The number of ether oxygens (including phenoxy) is 1. The Morgan fingerprint density at radius 3 is 2.82 bits per heavy atom. The molecule has 0 bridgehead atoms. The van der Waals surface area contributed by atoms with Gasteiger partial charge in [-0.2, -0.15) is 0 Å². The molecule has 1 saturated carbocycles. The van der Waals surface area contributed by atoms with E-state index in [4.69, 9.17) is 4.74 Å². The normalized spacial score (nSPS) is 37.8. The molecule has 1 saturated heterocycles. The number of nitrogens with zero attached hydrogens (tertiary/aromatic N) is 1. The van der Waals surface area contributed by atoms with Crippen molar-refractivity contribution < 1.29 is 9.84 Å². The number of hydrogen-bond acceptors (Lipinski definition) is 4. The third-order valence-corrected chi connectivity index (χ3v) is 4.48. The molecule has 1 heterocycles. The molecule has 2 aliphatic rings. The van der Waals surface area contributed by atoms with Gasteiger partial charge in [0, 0.05) is 31.1 Å². The zero-order chi connectivity index (χ0) is 12.5. The molecular formula is C13H26N2O2. The van der Waals surface area contributed by atoms with Gasteiger partial charge in [-0.25, -0.2) is 0 Å². The first-order chi connectivity index (χ1) is 8.04. The van der Waals surface area contributed by atoms with E-state index in [-0.39, 0.29) is 11.5 Å². The molecule has 0 amide bonds. The summed E-state index contributed by atoms with van der Waals surface area (Å²) >= 11 is 0. The summed E-state index contributed by atoms with van der Waals surface area (Å²) in [7, 11) is 0. The molecule has 0 aromatic heterocycles. The van der Waals surface area contributed by atoms with E-state index in [9.17, 15) is 5.11 Å². The van der Waals surface area contributed by atoms with Crippen molar-refractivity contribution in [3.63, 3.8) is 0 Å². The van der Waals surface area contributed by atoms with Crippen molar-refractivity contribution in [1.82, 2.24) is 10.2 Å². The van der Waals surface area contributed by atoms with Crippen molar-refractivity contribution in [2.75, 3.05) is 32.8 Å². The first-order valence-electron chi connectivity index (χ1n) is 6.79. The molecule has 3 atom stereocenters. The van der Waals surface area contributed by atoms with Crippen molar-refractivity contribution in [2.45, 2.75) is 45.4 Å². The molecule has 0 spiro atoms. The monoisotopic (exact) mass is 242 g/mol. The number of aliphatic hydroxyl groups excluding tert-OH is 1. The maximum atomic E-state index is 9.68. The maximum Gasteiger partial charge on any atom is 0.0826 e. The van der Waals surface area contributed by atoms with Crippen LogP contribution in [0, 0.1) is 5.41 Å². The van der Waals surface area contributed by atoms with Crippen LogP contribution in [-0.2, 0) is 4.74 Å². The Morgan fingerprint density at radius 2 is 2.24 bits per heavy atom. The summed E-state index contributed by atoms with van der Waals surface area (Å²) in [5.74, 6) is 0. The summed E-state index contributed by atoms with van der Waals surface area (Å²) in [5.41, 5.74) is 0.0130. The molecule has 0 aromatic carbocycles. The summed E-state index contributed by atoms with van der Waals surface area (Å²) in [6.45, 7) is 11.4. The van der Waals surface area contributed by atoms with E-state index in [0.717, 1.165) is 39.2 Å². The predicted molar refractivity (Wildman–Crippen MR) is 68.0 cm³/mol. The Bertz CT molecular complexity index is 258. The van der Waals surface area contributed by atoms with Gasteiger partial charge < -0.3 is 15.2 Å². The average molecular weight is 242 g/mol. The number of nitrogens with one attached hydrogen (secondary N) is 1. The fraction of sp³-hybridized carbons (Fsp3) is 1.00. The second-order valence-electron chi connectivity index (χ2n) is 5.92. The van der Waals surface area contributed by atoms with Crippen molar-refractivity contribution in [3.05, 3.63) is 0 Å². The van der Waals surface area contributed by atoms with E-state index in [1.807, 2.05) is 0 Å². The Labute approximate surface area is 104 Å². The van der Waals surface area contributed by atoms with Crippen LogP contribution in [0.25, 0.3) is 0 Å². The average Bonchev–Trinajstić information content (AvgIpc) is 2.34. The summed E-state index contributed by atoms with van der Waals surface area (Å²) in [6, 6.07) is 0.429. The lowest BCUT2D eigenvalue weighted by molar-refractivity contribution is -0.0820. The predicted octanol–water partition coefficient (Wildman–Crippen LogP) is 0.456. The van der Waals surface area contributed by atoms with Crippen LogP contribution in [0.15, 0.2) is 0 Å². The molecule has 100 valence electrons. The quantitative estimate of drug-likeness (QED) is 0.751. The van der Waals surface area contributed by atoms with E-state index >= 15 is 0 Å². The van der Waals surface area contributed by atoms with Crippen LogP contribution in [-0.4, -0.2) is 61.0 Å². The number of morpholine rings is 1. The van der Waals surface area contributed by atoms with Gasteiger partial charge in [0.1, 0.15) is 0 Å². The molecule has 0 aromatic rings. The highest BCUT2D eigenvalue weighted by Gasteiger charge is 2.47. The van der Waals surface area contributed by atoms with Crippen LogP contribution in [0.3, 0.4) is 0 Å². The van der Waals surface area contributed by atoms with Crippen LogP contribution in [0.5, 0.6) is 0 Å². The zero-order valence-electron chi connectivity index (χ0n) is 11.3. The lowest BCUT2D eigenvalue weighted by Crippen LogP contribution is -2.61. The molecular weight excluding hydrogens is 216 g/mol. The van der Waals surface area contributed by atoms with Gasteiger partial charge in [0.25, 0.3) is 0 Å². The minimum Gasteiger partial charge on any atom is -0.392 e. The lowest BCUT2D eigenvalue weighted by Gasteiger charge is -2.50. The summed E-state index contributed by atoms with van der Waals surface area (Å²) in [4.78, 5) is 2.43. The highest BCUT2D eigenvalue weighted by Crippen LogP contribution is 2.40. The fourth-order valence-corrected chi connectivity index (χ4v) is 2.71. The van der Waals surface area contributed by atoms with Gasteiger partial charge in [0.2, 0.25) is 0 Å². The van der Waals surface area contributed by atoms with Crippen molar-refractivity contribution in [2.24, 2.45) is 5.41 Å². The second kappa shape index (κ2) is 5.22. The number of rotatable bonds is 4. The minimum atomic E-state index is -0.153. The molecule has 0 radical (unpaired) electrons. The van der Waals surface area contributed by atoms with Gasteiger partial charge in [0.05, 0.1) is 18.8 Å². The Kier molecular flexibility index (Phi) is 4.08. The third-order valence-electron chi connectivity index (χ3n) is 4.48. The van der Waals surface area contributed by atoms with Crippen LogP contribution < -0.4 is 5.32 Å². The Balaban J connectivity index is 1.72. The van der Waals surface area contributed by atoms with E-state index in [2.05, 4.69) is 31.0 Å². The lowest BCUT2D eigenvalue weighted by atomic mass is 9.64. The highest BCUT2D eigenvalue weighted by atomic mass is 16.5. The van der Waals surface area contributed by atoms with Gasteiger partial charge in [-0.3, -0.25) is 4.90 Å². The number of likely N-dealkylation sites (N-methyl/N-ethyl adjacent to an activating group) is 1. The smallest absolute Gasteiger partial charge is 0.0826 e. The topological polar surface area (TPSA) is 44.7 Å². The largest absolute Gasteiger partial charge is 0.392 e. The molecule has 3 unspecified atom stereocenters. The van der Waals surface area contributed by atoms with Crippen LogP contribution >= 0.6 is 0 Å². The Hall–Kier alpha value is -0.160. The van der Waals surface area contributed by atoms with Crippen molar-refractivity contribution in [1.29, 1.82) is 0 Å². The van der Waals surface area contributed by atoms with E-state index in [1.165, 1.54) is 0 Å². The van der Waals surface area contributed by atoms with Crippen molar-refractivity contribution >= 4 is 0 Å². The summed E-state index contributed by atoms with van der Waals surface area (Å²) in [6.07, 6.45) is 1.02. The fourth-order valence-electron chi connectivity index (χ4n) is 2.71. The molecule has 1 aliphatic heterocycles. The maximum absolute atomic E-state index is 9.68. The van der Waals surface area contributed by atoms with Gasteiger partial charge >= 0.3 is 0 Å². The zero-order valence-corrected chi connectivity index (χ0v) is 11.3. The minimum absolute atomic E-state index is 0.0130. The second-order valence-corrected chi connectivity index (χ2v) is 5.92. The van der Waals surface area contributed by atoms with Gasteiger partial charge in [-0.05, 0) is 13.0 Å². The molecule has 4 nitrogen and oxygen atoms in total. The van der Waals surface area contributed by atoms with Gasteiger partial charge in [-0.15, -0.1) is 0 Å². The first kappa shape index (κ1) is 13.3. The molecule has 2 rings (SSSR count). The molecule has 4 heteroatoms. The molecule has 2 N–H and O–H groups in total. The molecule has 1 aliphatic carbocycles. The third kappa shape index (κ3) is 2.81. The Morgan fingerprint density at radius 1 is 1.47 bits per heavy atom. The van der Waals surface area contributed by atoms with Crippen molar-refractivity contribution in [3.8, 4) is 0 Å². The molecule has 2 fully saturated rings. The van der Waals surface area contributed by atoms with Crippen LogP contribution in [0.4, 0.5) is 0 Å². The van der Waals surface area contributed by atoms with Crippen LogP contribution in [0.2, 0.25) is 0 Å². The van der Waals surface area contributed by atoms with E-state index < -0.39 is 0 Å². The highest BCUT2D eigenvalue weighted by molar-refractivity contribution is 5.01. The van der Waals surface area contributed by atoms with Gasteiger partial charge in [-0.1, -0.05) is 20.8 Å². The standard InChI is InChI=1S/C13H26N2O2/c1-4-15-5-6-17-10(9-15)8-14-11-7-12(16)13(11,2)3/h10-12,14,16H,4-9H2,1-3H3. The van der Waals surface area contributed by atoms with E-state index in [1.54, 1.807) is 0 Å². The summed E-state index contributed by atoms with van der Waals surface area (Å²) < 4.78 is 5.76. The van der Waals surface area contributed by atoms with Crippen LogP contribution in [0.1, 0.15) is 27.2 Å². The summed E-state index contributed by atoms with van der Waals surface area (Å²) in [5, 5.41) is 13.2. The SMILES string of the molecule is CCN1CCOC(CNC2CC(O)C2(C)C)C1. The number of aliphatic hydroxyl groups is 1. The first-order valence-corrected chi connectivity index (χ1v) is 6.79. The number of hydrogen-bond donors (Lipinski definition) is 2.